The number of hydrogen-bond donors (Lipinski definition) is 1. The van der Waals surface area contributed by atoms with Crippen molar-refractivity contribution in [3.05, 3.63) is 33.8 Å². The van der Waals surface area contributed by atoms with E-state index in [1.165, 1.54) is 0 Å². The topological polar surface area (TPSA) is 21.3 Å². The van der Waals surface area contributed by atoms with Crippen molar-refractivity contribution >= 4 is 23.2 Å². The minimum absolute atomic E-state index is 0.0812. The largest absolute Gasteiger partial charge is 0.379 e. The number of nitrogens with one attached hydrogen (secondary N) is 1. The summed E-state index contributed by atoms with van der Waals surface area (Å²) in [5.74, 6) is 0. The van der Waals surface area contributed by atoms with E-state index in [4.69, 9.17) is 27.9 Å². The van der Waals surface area contributed by atoms with Gasteiger partial charge in [-0.3, -0.25) is 0 Å². The van der Waals surface area contributed by atoms with Crippen LogP contribution in [-0.4, -0.2) is 20.3 Å². The van der Waals surface area contributed by atoms with Gasteiger partial charge in [-0.15, -0.1) is 0 Å². The molecule has 0 saturated heterocycles. The predicted octanol–water partition coefficient (Wildman–Crippen LogP) is 3.68. The Morgan fingerprint density at radius 1 is 1.38 bits per heavy atom. The fourth-order valence-electron chi connectivity index (χ4n) is 1.46. The first kappa shape index (κ1) is 13.8. The molecule has 0 amide bonds. The van der Waals surface area contributed by atoms with E-state index < -0.39 is 0 Å². The van der Waals surface area contributed by atoms with E-state index in [0.717, 1.165) is 18.6 Å². The van der Waals surface area contributed by atoms with Gasteiger partial charge in [-0.1, -0.05) is 42.3 Å². The van der Waals surface area contributed by atoms with E-state index in [9.17, 15) is 0 Å². The van der Waals surface area contributed by atoms with Gasteiger partial charge in [0.1, 0.15) is 0 Å². The maximum Gasteiger partial charge on any atom is 0.0661 e. The van der Waals surface area contributed by atoms with Crippen LogP contribution in [0.4, 0.5) is 0 Å². The van der Waals surface area contributed by atoms with Gasteiger partial charge in [0, 0.05) is 6.61 Å². The lowest BCUT2D eigenvalue weighted by atomic mass is 10.1. The van der Waals surface area contributed by atoms with E-state index in [1.54, 1.807) is 6.07 Å². The number of likely N-dealkylation sites (N-methyl/N-ethyl adjacent to an activating group) is 1. The minimum Gasteiger partial charge on any atom is -0.379 e. The molecule has 0 saturated carbocycles. The van der Waals surface area contributed by atoms with Gasteiger partial charge in [0.2, 0.25) is 0 Å². The zero-order valence-corrected chi connectivity index (χ0v) is 11.1. The van der Waals surface area contributed by atoms with E-state index in [0.29, 0.717) is 16.7 Å². The lowest BCUT2D eigenvalue weighted by Gasteiger charge is -2.18. The van der Waals surface area contributed by atoms with Gasteiger partial charge >= 0.3 is 0 Å². The van der Waals surface area contributed by atoms with Gasteiger partial charge in [0.25, 0.3) is 0 Å². The summed E-state index contributed by atoms with van der Waals surface area (Å²) in [6.07, 6.45) is 1.01. The summed E-state index contributed by atoms with van der Waals surface area (Å²) in [4.78, 5) is 0. The molecule has 0 radical (unpaired) electrons. The molecule has 4 heteroatoms. The third-order valence-corrected chi connectivity index (χ3v) is 3.17. The highest BCUT2D eigenvalue weighted by Crippen LogP contribution is 2.29. The van der Waals surface area contributed by atoms with Crippen LogP contribution in [0.3, 0.4) is 0 Å². The Balaban J connectivity index is 2.74. The molecule has 1 rings (SSSR count). The first-order chi connectivity index (χ1) is 7.70. The quantitative estimate of drug-likeness (QED) is 0.789. The van der Waals surface area contributed by atoms with E-state index in [2.05, 4.69) is 12.2 Å². The summed E-state index contributed by atoms with van der Waals surface area (Å²) in [6.45, 7) is 3.45. The molecule has 1 aromatic carbocycles. The summed E-state index contributed by atoms with van der Waals surface area (Å²) < 4.78 is 5.52. The zero-order chi connectivity index (χ0) is 12.0. The van der Waals surface area contributed by atoms with Crippen LogP contribution >= 0.6 is 23.2 Å². The Morgan fingerprint density at radius 2 is 2.12 bits per heavy atom. The molecule has 1 unspecified atom stereocenters. The van der Waals surface area contributed by atoms with Crippen LogP contribution in [0.2, 0.25) is 10.0 Å². The Morgan fingerprint density at radius 3 is 2.75 bits per heavy atom. The summed E-state index contributed by atoms with van der Waals surface area (Å²) >= 11 is 12.1. The van der Waals surface area contributed by atoms with Crippen LogP contribution in [0.5, 0.6) is 0 Å². The highest BCUT2D eigenvalue weighted by Gasteiger charge is 2.14. The smallest absolute Gasteiger partial charge is 0.0661 e. The van der Waals surface area contributed by atoms with Crippen molar-refractivity contribution in [1.29, 1.82) is 0 Å². The van der Waals surface area contributed by atoms with Gasteiger partial charge in [-0.25, -0.2) is 0 Å². The Labute approximate surface area is 107 Å². The molecular weight excluding hydrogens is 245 g/mol. The van der Waals surface area contributed by atoms with Crippen molar-refractivity contribution < 1.29 is 4.74 Å². The molecule has 1 atom stereocenters. The fraction of sp³-hybridized carbons (Fsp3) is 0.500. The summed E-state index contributed by atoms with van der Waals surface area (Å²) in [5.41, 5.74) is 0.979. The van der Waals surface area contributed by atoms with Crippen LogP contribution in [0.1, 0.15) is 24.9 Å². The molecule has 2 nitrogen and oxygen atoms in total. The molecule has 0 aliphatic carbocycles. The average Bonchev–Trinajstić information content (AvgIpc) is 2.29. The second-order valence-corrected chi connectivity index (χ2v) is 4.34. The van der Waals surface area contributed by atoms with Crippen LogP contribution < -0.4 is 5.32 Å². The summed E-state index contributed by atoms with van der Waals surface area (Å²) in [5, 5.41) is 4.36. The monoisotopic (exact) mass is 261 g/mol. The fourth-order valence-corrected chi connectivity index (χ4v) is 1.90. The van der Waals surface area contributed by atoms with E-state index in [-0.39, 0.29) is 6.04 Å². The lowest BCUT2D eigenvalue weighted by molar-refractivity contribution is 0.114. The molecule has 0 aromatic heterocycles. The first-order valence-corrected chi connectivity index (χ1v) is 6.15. The number of benzene rings is 1. The Bertz CT molecular complexity index is 331. The molecule has 16 heavy (non-hydrogen) atoms. The first-order valence-electron chi connectivity index (χ1n) is 5.39. The van der Waals surface area contributed by atoms with Gasteiger partial charge in [-0.05, 0) is 25.1 Å². The third-order valence-electron chi connectivity index (χ3n) is 2.34. The van der Waals surface area contributed by atoms with E-state index >= 15 is 0 Å². The molecule has 0 bridgehead atoms. The number of hydrogen-bond acceptors (Lipinski definition) is 2. The highest BCUT2D eigenvalue weighted by atomic mass is 35.5. The second-order valence-electron chi connectivity index (χ2n) is 3.56. The summed E-state index contributed by atoms with van der Waals surface area (Å²) in [6, 6.07) is 5.73. The Hall–Kier alpha value is -0.280. The molecule has 0 aliphatic rings. The maximum absolute atomic E-state index is 6.15. The lowest BCUT2D eigenvalue weighted by Crippen LogP contribution is -2.22. The Kier molecular flexibility index (Phi) is 6.14. The average molecular weight is 262 g/mol. The summed E-state index contributed by atoms with van der Waals surface area (Å²) in [7, 11) is 1.89. The molecule has 90 valence electrons. The van der Waals surface area contributed by atoms with Crippen molar-refractivity contribution in [3.63, 3.8) is 0 Å². The van der Waals surface area contributed by atoms with Crippen LogP contribution in [-0.2, 0) is 4.74 Å². The maximum atomic E-state index is 6.15. The van der Waals surface area contributed by atoms with Crippen molar-refractivity contribution in [3.8, 4) is 0 Å². The minimum atomic E-state index is 0.0812. The molecule has 0 aliphatic heterocycles. The van der Waals surface area contributed by atoms with Crippen molar-refractivity contribution in [2.75, 3.05) is 20.3 Å². The van der Waals surface area contributed by atoms with Crippen molar-refractivity contribution in [2.24, 2.45) is 0 Å². The van der Waals surface area contributed by atoms with Gasteiger partial charge in [-0.2, -0.15) is 0 Å². The number of halogens is 2. The third kappa shape index (κ3) is 3.63. The van der Waals surface area contributed by atoms with Gasteiger partial charge in [0.15, 0.2) is 0 Å². The van der Waals surface area contributed by atoms with Gasteiger partial charge in [0.05, 0.1) is 22.7 Å². The van der Waals surface area contributed by atoms with E-state index in [1.807, 2.05) is 19.2 Å². The highest BCUT2D eigenvalue weighted by molar-refractivity contribution is 6.42. The van der Waals surface area contributed by atoms with Crippen molar-refractivity contribution in [2.45, 2.75) is 19.4 Å². The normalized spacial score (nSPS) is 12.8. The number of rotatable bonds is 6. The zero-order valence-electron chi connectivity index (χ0n) is 9.59. The van der Waals surface area contributed by atoms with Crippen molar-refractivity contribution in [1.82, 2.24) is 5.32 Å². The molecule has 0 fully saturated rings. The SMILES string of the molecule is CCCOCC(NC)c1cccc(Cl)c1Cl. The molecular formula is C12H17Cl2NO. The molecule has 0 spiro atoms. The second kappa shape index (κ2) is 7.13. The molecule has 1 N–H and O–H groups in total. The predicted molar refractivity (Wildman–Crippen MR) is 69.4 cm³/mol. The van der Waals surface area contributed by atoms with Crippen LogP contribution in [0.25, 0.3) is 0 Å². The van der Waals surface area contributed by atoms with Crippen LogP contribution in [0, 0.1) is 0 Å². The number of ether oxygens (including phenoxy) is 1. The van der Waals surface area contributed by atoms with Crippen LogP contribution in [0.15, 0.2) is 18.2 Å². The molecule has 1 aromatic rings. The standard InChI is InChI=1S/C12H17Cl2NO/c1-3-7-16-8-11(15-2)9-5-4-6-10(13)12(9)14/h4-6,11,15H,3,7-8H2,1-2H3. The van der Waals surface area contributed by atoms with Gasteiger partial charge < -0.3 is 10.1 Å². The molecule has 0 heterocycles.